The van der Waals surface area contributed by atoms with Gasteiger partial charge in [-0.3, -0.25) is 9.59 Å². The van der Waals surface area contributed by atoms with E-state index in [1.54, 1.807) is 12.1 Å². The van der Waals surface area contributed by atoms with Crippen LogP contribution in [0.1, 0.15) is 5.56 Å². The molecule has 0 saturated heterocycles. The maximum Gasteiger partial charge on any atom is 0.267 e. The fourth-order valence-corrected chi connectivity index (χ4v) is 2.82. The predicted molar refractivity (Wildman–Crippen MR) is 106 cm³/mol. The maximum atomic E-state index is 12.3. The molecule has 0 atom stereocenters. The van der Waals surface area contributed by atoms with Crippen molar-refractivity contribution in [1.29, 1.82) is 5.26 Å². The highest BCUT2D eigenvalue weighted by molar-refractivity contribution is 9.10. The van der Waals surface area contributed by atoms with E-state index in [1.807, 2.05) is 30.3 Å². The third-order valence-corrected chi connectivity index (χ3v) is 4.44. The van der Waals surface area contributed by atoms with E-state index in [2.05, 4.69) is 26.3 Å². The summed E-state index contributed by atoms with van der Waals surface area (Å²) in [7, 11) is 0. The van der Waals surface area contributed by atoms with Gasteiger partial charge in [-0.15, -0.1) is 0 Å². The molecule has 0 radical (unpaired) electrons. The topological polar surface area (TPSA) is 87.8 Å². The quantitative estimate of drug-likeness (QED) is 0.664. The summed E-state index contributed by atoms with van der Waals surface area (Å²) in [4.78, 5) is 24.4. The van der Waals surface area contributed by atoms with Crippen LogP contribution < -0.4 is 10.9 Å². The first kappa shape index (κ1) is 18.8. The van der Waals surface area contributed by atoms with Gasteiger partial charge in [-0.1, -0.05) is 39.7 Å². The van der Waals surface area contributed by atoms with Crippen LogP contribution in [0.4, 0.5) is 5.69 Å². The van der Waals surface area contributed by atoms with Gasteiger partial charge in [0.1, 0.15) is 12.6 Å². The number of anilines is 1. The number of rotatable bonds is 4. The summed E-state index contributed by atoms with van der Waals surface area (Å²) in [6.07, 6.45) is 0. The van der Waals surface area contributed by atoms with Gasteiger partial charge in [-0.05, 0) is 36.4 Å². The van der Waals surface area contributed by atoms with Gasteiger partial charge in [0.15, 0.2) is 0 Å². The van der Waals surface area contributed by atoms with Crippen molar-refractivity contribution in [2.75, 3.05) is 5.32 Å². The van der Waals surface area contributed by atoms with Gasteiger partial charge in [-0.25, -0.2) is 4.68 Å². The fraction of sp³-hybridized carbons (Fsp3) is 0.0526. The average Bonchev–Trinajstić information content (AvgIpc) is 2.64. The Morgan fingerprint density at radius 3 is 2.63 bits per heavy atom. The second kappa shape index (κ2) is 8.16. The first-order chi connectivity index (χ1) is 13.0. The molecule has 6 nitrogen and oxygen atoms in total. The van der Waals surface area contributed by atoms with Crippen LogP contribution in [0.25, 0.3) is 11.3 Å². The van der Waals surface area contributed by atoms with E-state index in [9.17, 15) is 9.59 Å². The number of nitrogens with zero attached hydrogens (tertiary/aromatic N) is 3. The molecule has 1 amide bonds. The van der Waals surface area contributed by atoms with E-state index in [1.165, 1.54) is 18.2 Å². The second-order valence-electron chi connectivity index (χ2n) is 5.57. The molecule has 0 fully saturated rings. The largest absolute Gasteiger partial charge is 0.323 e. The Morgan fingerprint density at radius 1 is 1.19 bits per heavy atom. The number of carbonyl (C=O) groups is 1. The number of hydrogen-bond donors (Lipinski definition) is 1. The van der Waals surface area contributed by atoms with E-state index >= 15 is 0 Å². The molecule has 0 aliphatic heterocycles. The Kier molecular flexibility index (Phi) is 5.69. The summed E-state index contributed by atoms with van der Waals surface area (Å²) in [5, 5.41) is 16.4. The molecule has 1 aromatic heterocycles. The molecule has 2 aromatic carbocycles. The highest BCUT2D eigenvalue weighted by atomic mass is 79.9. The van der Waals surface area contributed by atoms with E-state index < -0.39 is 11.5 Å². The number of nitrogens with one attached hydrogen (secondary N) is 1. The van der Waals surface area contributed by atoms with Gasteiger partial charge < -0.3 is 5.32 Å². The van der Waals surface area contributed by atoms with Gasteiger partial charge in [-0.2, -0.15) is 10.4 Å². The number of nitriles is 1. The van der Waals surface area contributed by atoms with E-state index in [4.69, 9.17) is 16.9 Å². The minimum absolute atomic E-state index is 0.275. The molecule has 0 unspecified atom stereocenters. The fourth-order valence-electron chi connectivity index (χ4n) is 2.38. The third kappa shape index (κ3) is 4.61. The first-order valence-electron chi connectivity index (χ1n) is 7.80. The number of aromatic nitrogens is 2. The van der Waals surface area contributed by atoms with Crippen molar-refractivity contribution in [2.45, 2.75) is 6.54 Å². The number of carbonyl (C=O) groups excluding carboxylic acids is 1. The summed E-state index contributed by atoms with van der Waals surface area (Å²) in [5.74, 6) is -0.490. The molecule has 0 saturated carbocycles. The molecular formula is C19H12BrClN4O2. The van der Waals surface area contributed by atoms with Crippen molar-refractivity contribution >= 4 is 39.1 Å². The molecule has 134 valence electrons. The lowest BCUT2D eigenvalue weighted by Crippen LogP contribution is -2.29. The lowest BCUT2D eigenvalue weighted by Gasteiger charge is -2.09. The van der Waals surface area contributed by atoms with Crippen molar-refractivity contribution in [1.82, 2.24) is 9.78 Å². The van der Waals surface area contributed by atoms with Gasteiger partial charge in [0, 0.05) is 21.1 Å². The first-order valence-corrected chi connectivity index (χ1v) is 8.97. The zero-order valence-corrected chi connectivity index (χ0v) is 16.2. The zero-order chi connectivity index (χ0) is 19.4. The number of halogens is 2. The Bertz CT molecular complexity index is 1100. The molecule has 3 rings (SSSR count). The summed E-state index contributed by atoms with van der Waals surface area (Å²) < 4.78 is 2.00. The molecule has 0 spiro atoms. The van der Waals surface area contributed by atoms with Crippen molar-refractivity contribution < 1.29 is 4.79 Å². The zero-order valence-electron chi connectivity index (χ0n) is 13.8. The number of amides is 1. The Labute approximate surface area is 168 Å². The minimum Gasteiger partial charge on any atom is -0.323 e. The second-order valence-corrected chi connectivity index (χ2v) is 6.92. The van der Waals surface area contributed by atoms with Crippen molar-refractivity contribution in [3.8, 4) is 17.3 Å². The molecule has 8 heteroatoms. The molecule has 27 heavy (non-hydrogen) atoms. The predicted octanol–water partition coefficient (Wildman–Crippen LogP) is 3.84. The Hall–Kier alpha value is -2.95. The molecular weight excluding hydrogens is 432 g/mol. The number of benzene rings is 2. The van der Waals surface area contributed by atoms with Crippen LogP contribution in [-0.2, 0) is 11.3 Å². The van der Waals surface area contributed by atoms with Crippen LogP contribution in [0, 0.1) is 11.3 Å². The van der Waals surface area contributed by atoms with E-state index in [0.717, 1.165) is 14.7 Å². The van der Waals surface area contributed by atoms with Gasteiger partial charge in [0.2, 0.25) is 5.91 Å². The lowest BCUT2D eigenvalue weighted by atomic mass is 10.1. The summed E-state index contributed by atoms with van der Waals surface area (Å²) in [5.41, 5.74) is 1.53. The van der Waals surface area contributed by atoms with Gasteiger partial charge in [0.05, 0.1) is 16.9 Å². The molecule has 1 N–H and O–H groups in total. The third-order valence-electron chi connectivity index (χ3n) is 3.68. The highest BCUT2D eigenvalue weighted by Gasteiger charge is 2.11. The monoisotopic (exact) mass is 442 g/mol. The molecule has 0 bridgehead atoms. The van der Waals surface area contributed by atoms with Crippen LogP contribution in [0.3, 0.4) is 0 Å². The SMILES string of the molecule is N#Cc1ccc(Cl)cc1NC(=O)Cn1nc(-c2ccc(Br)cc2)ccc1=O. The summed E-state index contributed by atoms with van der Waals surface area (Å²) in [6, 6.07) is 16.9. The highest BCUT2D eigenvalue weighted by Crippen LogP contribution is 2.21. The smallest absolute Gasteiger partial charge is 0.267 e. The number of hydrogen-bond acceptors (Lipinski definition) is 4. The van der Waals surface area contributed by atoms with Crippen LogP contribution in [0.2, 0.25) is 5.02 Å². The standard InChI is InChI=1S/C19H12BrClN4O2/c20-14-4-1-12(2-5-14)16-7-8-19(27)25(24-16)11-18(26)23-17-9-15(21)6-3-13(17)10-22/h1-9H,11H2,(H,23,26). The van der Waals surface area contributed by atoms with E-state index in [-0.39, 0.29) is 17.8 Å². The molecule has 0 aliphatic carbocycles. The van der Waals surface area contributed by atoms with E-state index in [0.29, 0.717) is 10.7 Å². The molecule has 0 aliphatic rings. The van der Waals surface area contributed by atoms with Crippen LogP contribution in [-0.4, -0.2) is 15.7 Å². The van der Waals surface area contributed by atoms with Crippen LogP contribution in [0.5, 0.6) is 0 Å². The molecule has 3 aromatic rings. The van der Waals surface area contributed by atoms with Crippen LogP contribution in [0.15, 0.2) is 63.9 Å². The maximum absolute atomic E-state index is 12.3. The van der Waals surface area contributed by atoms with Crippen molar-refractivity contribution in [2.24, 2.45) is 0 Å². The Balaban J connectivity index is 1.83. The Morgan fingerprint density at radius 2 is 1.93 bits per heavy atom. The van der Waals surface area contributed by atoms with Crippen molar-refractivity contribution in [3.05, 3.63) is 80.0 Å². The average molecular weight is 444 g/mol. The lowest BCUT2D eigenvalue weighted by molar-refractivity contribution is -0.117. The van der Waals surface area contributed by atoms with Gasteiger partial charge in [0.25, 0.3) is 5.56 Å². The van der Waals surface area contributed by atoms with Gasteiger partial charge >= 0.3 is 0 Å². The normalized spacial score (nSPS) is 10.3. The minimum atomic E-state index is -0.490. The summed E-state index contributed by atoms with van der Waals surface area (Å²) >= 11 is 9.28. The summed E-state index contributed by atoms with van der Waals surface area (Å²) in [6.45, 7) is -0.291. The van der Waals surface area contributed by atoms with Crippen molar-refractivity contribution in [3.63, 3.8) is 0 Å². The molecule has 1 heterocycles. The van der Waals surface area contributed by atoms with Crippen LogP contribution >= 0.6 is 27.5 Å².